The molecular weight excluding hydrogens is 334 g/mol. The molecule has 0 bridgehead atoms. The molecule has 0 unspecified atom stereocenters. The second kappa shape index (κ2) is 6.30. The molecule has 3 amide bonds. The Kier molecular flexibility index (Phi) is 4.09. The minimum atomic E-state index is -0.582. The molecule has 0 aliphatic carbocycles. The van der Waals surface area contributed by atoms with Crippen molar-refractivity contribution in [3.63, 3.8) is 0 Å². The van der Waals surface area contributed by atoms with Crippen LogP contribution in [0.15, 0.2) is 24.3 Å². The highest BCUT2D eigenvalue weighted by atomic mass is 16.6. The highest BCUT2D eigenvalue weighted by molar-refractivity contribution is 5.97. The van der Waals surface area contributed by atoms with Gasteiger partial charge >= 0.3 is 6.09 Å². The van der Waals surface area contributed by atoms with Crippen LogP contribution in [0.2, 0.25) is 0 Å². The van der Waals surface area contributed by atoms with E-state index in [0.717, 1.165) is 31.5 Å². The first-order chi connectivity index (χ1) is 12.5. The Labute approximate surface area is 152 Å². The summed E-state index contributed by atoms with van der Waals surface area (Å²) in [5.41, 5.74) is 0.849. The second-order valence-electron chi connectivity index (χ2n) is 7.43. The fraction of sp³-hybridized carbons (Fsp3) is 0.526. The van der Waals surface area contributed by atoms with Crippen molar-refractivity contribution in [1.82, 2.24) is 9.80 Å². The maximum atomic E-state index is 12.9. The Bertz CT molecular complexity index is 748. The van der Waals surface area contributed by atoms with Gasteiger partial charge in [-0.05, 0) is 43.5 Å². The third-order valence-corrected chi connectivity index (χ3v) is 5.47. The summed E-state index contributed by atoms with van der Waals surface area (Å²) in [6, 6.07) is 7.22. The van der Waals surface area contributed by atoms with Crippen LogP contribution in [0.4, 0.5) is 10.5 Å². The normalized spacial score (nSPS) is 26.0. The zero-order valence-corrected chi connectivity index (χ0v) is 14.9. The molecule has 1 atom stereocenters. The van der Waals surface area contributed by atoms with E-state index in [9.17, 15) is 14.4 Å². The van der Waals surface area contributed by atoms with Gasteiger partial charge in [0.25, 0.3) is 5.91 Å². The summed E-state index contributed by atoms with van der Waals surface area (Å²) < 4.78 is 5.57. The van der Waals surface area contributed by atoms with E-state index < -0.39 is 5.60 Å². The SMILES string of the molecule is CN1C[C@]2(CCCN(C(=O)c3ccc(N4CCCC4=O)cc3)C2)OC1=O. The number of carbonyl (C=O) groups is 3. The minimum absolute atomic E-state index is 0.0611. The van der Waals surface area contributed by atoms with Gasteiger partial charge in [-0.25, -0.2) is 4.79 Å². The minimum Gasteiger partial charge on any atom is -0.439 e. The second-order valence-corrected chi connectivity index (χ2v) is 7.43. The average molecular weight is 357 g/mol. The van der Waals surface area contributed by atoms with Crippen molar-refractivity contribution in [2.45, 2.75) is 31.3 Å². The van der Waals surface area contributed by atoms with E-state index >= 15 is 0 Å². The van der Waals surface area contributed by atoms with Gasteiger partial charge in [0.05, 0.1) is 13.1 Å². The lowest BCUT2D eigenvalue weighted by Gasteiger charge is -2.38. The van der Waals surface area contributed by atoms with Crippen LogP contribution in [0.5, 0.6) is 0 Å². The third kappa shape index (κ3) is 2.91. The van der Waals surface area contributed by atoms with Gasteiger partial charge in [0, 0.05) is 37.8 Å². The van der Waals surface area contributed by atoms with Crippen molar-refractivity contribution in [1.29, 1.82) is 0 Å². The molecule has 1 aromatic rings. The molecule has 0 saturated carbocycles. The topological polar surface area (TPSA) is 70.2 Å². The lowest BCUT2D eigenvalue weighted by Crippen LogP contribution is -2.52. The van der Waals surface area contributed by atoms with Gasteiger partial charge in [0.2, 0.25) is 5.91 Å². The molecule has 0 N–H and O–H groups in total. The Morgan fingerprint density at radius 2 is 1.85 bits per heavy atom. The van der Waals surface area contributed by atoms with E-state index in [4.69, 9.17) is 4.74 Å². The predicted octanol–water partition coefficient (Wildman–Crippen LogP) is 1.87. The van der Waals surface area contributed by atoms with Crippen molar-refractivity contribution < 1.29 is 19.1 Å². The number of likely N-dealkylation sites (tertiary alicyclic amines) is 1. The molecule has 3 aliphatic heterocycles. The van der Waals surface area contributed by atoms with Crippen LogP contribution in [0.1, 0.15) is 36.0 Å². The molecule has 3 fully saturated rings. The van der Waals surface area contributed by atoms with E-state index in [2.05, 4.69) is 0 Å². The Hall–Kier alpha value is -2.57. The van der Waals surface area contributed by atoms with Crippen LogP contribution in [-0.2, 0) is 9.53 Å². The largest absolute Gasteiger partial charge is 0.439 e. The molecule has 1 spiro atoms. The van der Waals surface area contributed by atoms with Crippen molar-refractivity contribution in [3.05, 3.63) is 29.8 Å². The molecule has 7 heteroatoms. The van der Waals surface area contributed by atoms with Gasteiger partial charge in [-0.3, -0.25) is 9.59 Å². The number of carbonyl (C=O) groups excluding carboxylic acids is 3. The Morgan fingerprint density at radius 1 is 1.08 bits per heavy atom. The van der Waals surface area contributed by atoms with Crippen molar-refractivity contribution in [2.75, 3.05) is 38.1 Å². The van der Waals surface area contributed by atoms with Gasteiger partial charge in [-0.2, -0.15) is 0 Å². The maximum absolute atomic E-state index is 12.9. The van der Waals surface area contributed by atoms with E-state index in [1.54, 1.807) is 33.9 Å². The fourth-order valence-electron chi connectivity index (χ4n) is 4.16. The molecule has 138 valence electrons. The smallest absolute Gasteiger partial charge is 0.410 e. The first kappa shape index (κ1) is 16.9. The maximum Gasteiger partial charge on any atom is 0.410 e. The van der Waals surface area contributed by atoms with Gasteiger partial charge in [-0.15, -0.1) is 0 Å². The summed E-state index contributed by atoms with van der Waals surface area (Å²) in [4.78, 5) is 41.6. The summed E-state index contributed by atoms with van der Waals surface area (Å²) in [5.74, 6) is 0.0724. The lowest BCUT2D eigenvalue weighted by atomic mass is 9.92. The molecule has 3 saturated heterocycles. The predicted molar refractivity (Wildman–Crippen MR) is 95.0 cm³/mol. The van der Waals surface area contributed by atoms with E-state index in [-0.39, 0.29) is 17.9 Å². The van der Waals surface area contributed by atoms with Crippen LogP contribution in [0.25, 0.3) is 0 Å². The molecule has 7 nitrogen and oxygen atoms in total. The summed E-state index contributed by atoms with van der Waals surface area (Å²) in [6.45, 7) is 2.34. The van der Waals surface area contributed by atoms with Crippen LogP contribution in [0, 0.1) is 0 Å². The zero-order valence-electron chi connectivity index (χ0n) is 14.9. The molecule has 3 aliphatic rings. The molecule has 26 heavy (non-hydrogen) atoms. The first-order valence-corrected chi connectivity index (χ1v) is 9.11. The number of amides is 3. The van der Waals surface area contributed by atoms with E-state index in [1.165, 1.54) is 0 Å². The molecule has 4 rings (SSSR count). The number of likely N-dealkylation sites (N-methyl/N-ethyl adjacent to an activating group) is 1. The lowest BCUT2D eigenvalue weighted by molar-refractivity contribution is -0.117. The van der Waals surface area contributed by atoms with Crippen molar-refractivity contribution >= 4 is 23.6 Å². The molecule has 0 aromatic heterocycles. The highest BCUT2D eigenvalue weighted by Crippen LogP contribution is 2.32. The van der Waals surface area contributed by atoms with Crippen LogP contribution in [-0.4, -0.2) is 66.5 Å². The summed E-state index contributed by atoms with van der Waals surface area (Å²) in [6.07, 6.45) is 2.74. The van der Waals surface area contributed by atoms with Gasteiger partial charge in [0.1, 0.15) is 5.60 Å². The summed E-state index contributed by atoms with van der Waals surface area (Å²) >= 11 is 0. The van der Waals surface area contributed by atoms with Crippen molar-refractivity contribution in [3.8, 4) is 0 Å². The van der Waals surface area contributed by atoms with Crippen LogP contribution >= 0.6 is 0 Å². The number of hydrogen-bond donors (Lipinski definition) is 0. The fourth-order valence-corrected chi connectivity index (χ4v) is 4.16. The van der Waals surface area contributed by atoms with Crippen molar-refractivity contribution in [2.24, 2.45) is 0 Å². The molecule has 0 radical (unpaired) electrons. The summed E-state index contributed by atoms with van der Waals surface area (Å²) in [5, 5.41) is 0. The van der Waals surface area contributed by atoms with Gasteiger partial charge in [0.15, 0.2) is 0 Å². The number of nitrogens with zero attached hydrogens (tertiary/aromatic N) is 3. The molecule has 1 aromatic carbocycles. The quantitative estimate of drug-likeness (QED) is 0.810. The highest BCUT2D eigenvalue weighted by Gasteiger charge is 2.47. The number of piperidine rings is 1. The number of ether oxygens (including phenoxy) is 1. The summed E-state index contributed by atoms with van der Waals surface area (Å²) in [7, 11) is 1.72. The Morgan fingerprint density at radius 3 is 2.46 bits per heavy atom. The number of rotatable bonds is 2. The number of anilines is 1. The standard InChI is InChI=1S/C19H23N3O4/c1-20-12-19(26-18(20)25)9-3-10-21(13-19)17(24)14-5-7-15(8-6-14)22-11-2-4-16(22)23/h5-8H,2-4,9-13H2,1H3/t19-/m0/s1. The first-order valence-electron chi connectivity index (χ1n) is 9.11. The Balaban J connectivity index is 1.47. The van der Waals surface area contributed by atoms with Crippen LogP contribution < -0.4 is 4.90 Å². The average Bonchev–Trinajstić information content (AvgIpc) is 3.17. The van der Waals surface area contributed by atoms with Gasteiger partial charge < -0.3 is 19.4 Å². The van der Waals surface area contributed by atoms with Gasteiger partial charge in [-0.1, -0.05) is 0 Å². The number of hydrogen-bond acceptors (Lipinski definition) is 4. The van der Waals surface area contributed by atoms with E-state index in [1.807, 2.05) is 12.1 Å². The van der Waals surface area contributed by atoms with Crippen LogP contribution in [0.3, 0.4) is 0 Å². The monoisotopic (exact) mass is 357 g/mol. The molecular formula is C19H23N3O4. The third-order valence-electron chi connectivity index (χ3n) is 5.47. The number of benzene rings is 1. The van der Waals surface area contributed by atoms with E-state index in [0.29, 0.717) is 31.6 Å². The molecule has 3 heterocycles. The zero-order chi connectivity index (χ0) is 18.3.